The van der Waals surface area contributed by atoms with Gasteiger partial charge >= 0.3 is 0 Å². The number of nitrogens with one attached hydrogen (secondary N) is 2. The van der Waals surface area contributed by atoms with Gasteiger partial charge in [-0.05, 0) is 64.3 Å². The van der Waals surface area contributed by atoms with Gasteiger partial charge in [-0.2, -0.15) is 0 Å². The molecule has 2 N–H and O–H groups in total. The smallest absolute Gasteiger partial charge is 0.242 e. The molecule has 100 valence electrons. The topological polar surface area (TPSA) is 41.1 Å². The van der Waals surface area contributed by atoms with E-state index in [0.29, 0.717) is 0 Å². The van der Waals surface area contributed by atoms with Crippen molar-refractivity contribution in [3.63, 3.8) is 0 Å². The van der Waals surface area contributed by atoms with Crippen LogP contribution in [0, 0.1) is 0 Å². The Kier molecular flexibility index (Phi) is 6.15. The Morgan fingerprint density at radius 1 is 1.28 bits per heavy atom. The summed E-state index contributed by atoms with van der Waals surface area (Å²) in [5, 5.41) is 6.16. The van der Waals surface area contributed by atoms with Crippen molar-refractivity contribution in [2.24, 2.45) is 0 Å². The van der Waals surface area contributed by atoms with Crippen LogP contribution in [0.5, 0.6) is 0 Å². The van der Waals surface area contributed by atoms with Crippen molar-refractivity contribution < 1.29 is 4.79 Å². The molecular formula is C13H18Br2N2O. The third-order valence-electron chi connectivity index (χ3n) is 2.72. The van der Waals surface area contributed by atoms with Gasteiger partial charge in [0, 0.05) is 15.0 Å². The van der Waals surface area contributed by atoms with E-state index in [-0.39, 0.29) is 18.0 Å². The minimum absolute atomic E-state index is 0.00648. The van der Waals surface area contributed by atoms with Gasteiger partial charge in [0.1, 0.15) is 6.04 Å². The van der Waals surface area contributed by atoms with Gasteiger partial charge in [-0.3, -0.25) is 4.79 Å². The zero-order chi connectivity index (χ0) is 13.7. The number of hydrogen-bond donors (Lipinski definition) is 2. The van der Waals surface area contributed by atoms with E-state index in [1.54, 1.807) is 0 Å². The van der Waals surface area contributed by atoms with Crippen LogP contribution in [-0.4, -0.2) is 18.0 Å². The molecule has 0 aromatic heterocycles. The van der Waals surface area contributed by atoms with Gasteiger partial charge in [-0.1, -0.05) is 13.0 Å². The minimum atomic E-state index is -0.283. The van der Waals surface area contributed by atoms with Gasteiger partial charge in [-0.25, -0.2) is 0 Å². The Labute approximate surface area is 125 Å². The number of halogens is 2. The summed E-state index contributed by atoms with van der Waals surface area (Å²) < 4.78 is 1.86. The molecule has 0 bridgehead atoms. The summed E-state index contributed by atoms with van der Waals surface area (Å²) in [5.74, 6) is 0.00648. The molecule has 18 heavy (non-hydrogen) atoms. The molecule has 1 aromatic carbocycles. The van der Waals surface area contributed by atoms with Crippen LogP contribution in [0.25, 0.3) is 0 Å². The third-order valence-corrected chi connectivity index (χ3v) is 4.04. The first-order valence-corrected chi connectivity index (χ1v) is 7.55. The second-order valence-electron chi connectivity index (χ2n) is 4.28. The molecule has 0 heterocycles. The Hall–Kier alpha value is -0.550. The molecule has 0 saturated carbocycles. The Balaban J connectivity index is 2.70. The highest BCUT2D eigenvalue weighted by molar-refractivity contribution is 9.11. The average Bonchev–Trinajstić information content (AvgIpc) is 2.33. The van der Waals surface area contributed by atoms with Crippen LogP contribution < -0.4 is 10.6 Å². The van der Waals surface area contributed by atoms with E-state index in [9.17, 15) is 4.79 Å². The number of carbonyl (C=O) groups excluding carboxylic acids is 1. The van der Waals surface area contributed by atoms with Crippen LogP contribution in [0.15, 0.2) is 27.1 Å². The fourth-order valence-corrected chi connectivity index (χ4v) is 2.62. The molecule has 1 rings (SSSR count). The van der Waals surface area contributed by atoms with Crippen LogP contribution in [0.1, 0.15) is 27.2 Å². The van der Waals surface area contributed by atoms with Crippen molar-refractivity contribution in [3.8, 4) is 0 Å². The van der Waals surface area contributed by atoms with Crippen molar-refractivity contribution in [2.75, 3.05) is 5.32 Å². The van der Waals surface area contributed by atoms with Crippen molar-refractivity contribution in [1.29, 1.82) is 0 Å². The second-order valence-corrected chi connectivity index (χ2v) is 5.99. The molecule has 1 amide bonds. The monoisotopic (exact) mass is 376 g/mol. The first kappa shape index (κ1) is 15.5. The zero-order valence-corrected chi connectivity index (χ0v) is 13.9. The average molecular weight is 378 g/mol. The predicted molar refractivity (Wildman–Crippen MR) is 82.8 cm³/mol. The lowest BCUT2D eigenvalue weighted by atomic mass is 10.2. The maximum absolute atomic E-state index is 11.9. The highest BCUT2D eigenvalue weighted by Gasteiger charge is 2.16. The Bertz CT molecular complexity index is 403. The van der Waals surface area contributed by atoms with Crippen LogP contribution in [0.4, 0.5) is 5.69 Å². The van der Waals surface area contributed by atoms with E-state index in [0.717, 1.165) is 21.1 Å². The molecule has 5 heteroatoms. The maximum Gasteiger partial charge on any atom is 0.242 e. The summed E-state index contributed by atoms with van der Waals surface area (Å²) in [4.78, 5) is 11.9. The van der Waals surface area contributed by atoms with E-state index in [2.05, 4.69) is 42.5 Å². The lowest BCUT2D eigenvalue weighted by Crippen LogP contribution is -2.41. The van der Waals surface area contributed by atoms with Gasteiger partial charge < -0.3 is 10.6 Å². The van der Waals surface area contributed by atoms with Crippen LogP contribution in [0.2, 0.25) is 0 Å². The number of carbonyl (C=O) groups is 1. The molecule has 0 aliphatic rings. The molecule has 3 nitrogen and oxygen atoms in total. The van der Waals surface area contributed by atoms with E-state index in [1.807, 2.05) is 39.0 Å². The first-order chi connectivity index (χ1) is 8.45. The molecule has 0 saturated heterocycles. The standard InChI is InChI=1S/C13H18Br2N2O/c1-4-8(2)16-13(18)9(3)17-12-10(14)6-5-7-11(12)15/h5-9,17H,4H2,1-3H3,(H,16,18). The van der Waals surface area contributed by atoms with Crippen molar-refractivity contribution in [1.82, 2.24) is 5.32 Å². The van der Waals surface area contributed by atoms with E-state index < -0.39 is 0 Å². The zero-order valence-electron chi connectivity index (χ0n) is 10.8. The van der Waals surface area contributed by atoms with E-state index >= 15 is 0 Å². The maximum atomic E-state index is 11.9. The molecule has 2 unspecified atom stereocenters. The summed E-state index contributed by atoms with van der Waals surface area (Å²) in [6.45, 7) is 5.90. The summed E-state index contributed by atoms with van der Waals surface area (Å²) in [6, 6.07) is 5.72. The van der Waals surface area contributed by atoms with E-state index in [4.69, 9.17) is 0 Å². The first-order valence-electron chi connectivity index (χ1n) is 5.96. The summed E-state index contributed by atoms with van der Waals surface area (Å²) in [5.41, 5.74) is 0.893. The fourth-order valence-electron chi connectivity index (χ4n) is 1.39. The Morgan fingerprint density at radius 3 is 2.33 bits per heavy atom. The quantitative estimate of drug-likeness (QED) is 0.816. The molecule has 0 fully saturated rings. The highest BCUT2D eigenvalue weighted by Crippen LogP contribution is 2.30. The molecular weight excluding hydrogens is 360 g/mol. The number of para-hydroxylation sites is 1. The predicted octanol–water partition coefficient (Wildman–Crippen LogP) is 3.93. The third kappa shape index (κ3) is 4.28. The molecule has 0 aliphatic heterocycles. The fraction of sp³-hybridized carbons (Fsp3) is 0.462. The lowest BCUT2D eigenvalue weighted by Gasteiger charge is -2.19. The van der Waals surface area contributed by atoms with Gasteiger partial charge in [-0.15, -0.1) is 0 Å². The minimum Gasteiger partial charge on any atom is -0.372 e. The molecule has 0 aliphatic carbocycles. The molecule has 2 atom stereocenters. The number of amides is 1. The lowest BCUT2D eigenvalue weighted by molar-refractivity contribution is -0.122. The van der Waals surface area contributed by atoms with Crippen molar-refractivity contribution in [2.45, 2.75) is 39.3 Å². The van der Waals surface area contributed by atoms with Crippen molar-refractivity contribution in [3.05, 3.63) is 27.1 Å². The molecule has 1 aromatic rings. The number of anilines is 1. The van der Waals surface area contributed by atoms with Gasteiger partial charge in [0.05, 0.1) is 5.69 Å². The normalized spacial score (nSPS) is 13.8. The second kappa shape index (κ2) is 7.14. The van der Waals surface area contributed by atoms with Crippen LogP contribution >= 0.6 is 31.9 Å². The molecule has 0 spiro atoms. The molecule has 0 radical (unpaired) electrons. The van der Waals surface area contributed by atoms with Gasteiger partial charge in [0.25, 0.3) is 0 Å². The van der Waals surface area contributed by atoms with Crippen LogP contribution in [0.3, 0.4) is 0 Å². The summed E-state index contributed by atoms with van der Waals surface area (Å²) in [6.07, 6.45) is 0.928. The highest BCUT2D eigenvalue weighted by atomic mass is 79.9. The van der Waals surface area contributed by atoms with Gasteiger partial charge in [0.2, 0.25) is 5.91 Å². The largest absolute Gasteiger partial charge is 0.372 e. The van der Waals surface area contributed by atoms with Crippen molar-refractivity contribution >= 4 is 43.5 Å². The number of rotatable bonds is 5. The van der Waals surface area contributed by atoms with Crippen LogP contribution in [-0.2, 0) is 4.79 Å². The summed E-state index contributed by atoms with van der Waals surface area (Å²) in [7, 11) is 0. The van der Waals surface area contributed by atoms with E-state index in [1.165, 1.54) is 0 Å². The van der Waals surface area contributed by atoms with Gasteiger partial charge in [0.15, 0.2) is 0 Å². The number of hydrogen-bond acceptors (Lipinski definition) is 2. The summed E-state index contributed by atoms with van der Waals surface area (Å²) >= 11 is 6.93. The number of benzene rings is 1. The SMILES string of the molecule is CCC(C)NC(=O)C(C)Nc1c(Br)cccc1Br. The Morgan fingerprint density at radius 2 is 1.83 bits per heavy atom.